The van der Waals surface area contributed by atoms with Gasteiger partial charge in [-0.3, -0.25) is 0 Å². The van der Waals surface area contributed by atoms with Gasteiger partial charge in [0.15, 0.2) is 6.29 Å². The van der Waals surface area contributed by atoms with Gasteiger partial charge in [0.2, 0.25) is 0 Å². The van der Waals surface area contributed by atoms with E-state index in [-0.39, 0.29) is 6.29 Å². The smallest absolute Gasteiger partial charge is 0.154 e. The predicted molar refractivity (Wildman–Crippen MR) is 50.5 cm³/mol. The SMILES string of the molecule is CC1OCC(CN2CCCC2)CO1. The number of rotatable bonds is 2. The molecule has 0 aliphatic carbocycles. The number of likely N-dealkylation sites (tertiary alicyclic amines) is 1. The van der Waals surface area contributed by atoms with E-state index in [4.69, 9.17) is 9.47 Å². The molecule has 0 atom stereocenters. The summed E-state index contributed by atoms with van der Waals surface area (Å²) in [4.78, 5) is 2.52. The molecule has 13 heavy (non-hydrogen) atoms. The third-order valence-corrected chi connectivity index (χ3v) is 2.85. The Morgan fingerprint density at radius 1 is 1.15 bits per heavy atom. The lowest BCUT2D eigenvalue weighted by Crippen LogP contribution is -2.37. The molecule has 2 rings (SSSR count). The Morgan fingerprint density at radius 2 is 1.77 bits per heavy atom. The van der Waals surface area contributed by atoms with Gasteiger partial charge in [0, 0.05) is 12.5 Å². The van der Waals surface area contributed by atoms with E-state index in [0.29, 0.717) is 5.92 Å². The molecule has 0 aromatic rings. The van der Waals surface area contributed by atoms with Gasteiger partial charge < -0.3 is 14.4 Å². The summed E-state index contributed by atoms with van der Waals surface area (Å²) in [7, 11) is 0. The predicted octanol–water partition coefficient (Wildman–Crippen LogP) is 1.09. The molecule has 2 fully saturated rings. The van der Waals surface area contributed by atoms with Crippen molar-refractivity contribution in [3.05, 3.63) is 0 Å². The maximum atomic E-state index is 5.45. The Kier molecular flexibility index (Phi) is 3.19. The first kappa shape index (κ1) is 9.44. The van der Waals surface area contributed by atoms with E-state index in [0.717, 1.165) is 19.8 Å². The van der Waals surface area contributed by atoms with Crippen LogP contribution >= 0.6 is 0 Å². The van der Waals surface area contributed by atoms with Crippen molar-refractivity contribution in [1.82, 2.24) is 4.90 Å². The van der Waals surface area contributed by atoms with Crippen LogP contribution in [0, 0.1) is 5.92 Å². The van der Waals surface area contributed by atoms with Crippen molar-refractivity contribution in [3.63, 3.8) is 0 Å². The lowest BCUT2D eigenvalue weighted by Gasteiger charge is -2.30. The third kappa shape index (κ3) is 2.66. The van der Waals surface area contributed by atoms with Gasteiger partial charge in [-0.2, -0.15) is 0 Å². The number of hydrogen-bond acceptors (Lipinski definition) is 3. The van der Waals surface area contributed by atoms with Gasteiger partial charge in [-0.25, -0.2) is 0 Å². The van der Waals surface area contributed by atoms with Crippen LogP contribution in [0.5, 0.6) is 0 Å². The highest BCUT2D eigenvalue weighted by Gasteiger charge is 2.22. The molecule has 0 N–H and O–H groups in total. The summed E-state index contributed by atoms with van der Waals surface area (Å²) in [5.74, 6) is 0.592. The van der Waals surface area contributed by atoms with Crippen LogP contribution < -0.4 is 0 Å². The Labute approximate surface area is 80.0 Å². The summed E-state index contributed by atoms with van der Waals surface area (Å²) in [6.07, 6.45) is 2.74. The quantitative estimate of drug-likeness (QED) is 0.643. The standard InChI is InChI=1S/C10H19NO2/c1-9-12-7-10(8-13-9)6-11-4-2-3-5-11/h9-10H,2-8H2,1H3. The molecule has 0 amide bonds. The highest BCUT2D eigenvalue weighted by Crippen LogP contribution is 2.15. The van der Waals surface area contributed by atoms with Crippen molar-refractivity contribution in [1.29, 1.82) is 0 Å². The minimum absolute atomic E-state index is 0.00910. The van der Waals surface area contributed by atoms with E-state index in [1.807, 2.05) is 6.92 Å². The first-order valence-electron chi connectivity index (χ1n) is 5.30. The van der Waals surface area contributed by atoms with Crippen LogP contribution in [0.2, 0.25) is 0 Å². The van der Waals surface area contributed by atoms with Crippen molar-refractivity contribution in [3.8, 4) is 0 Å². The first-order chi connectivity index (χ1) is 6.34. The molecule has 0 saturated carbocycles. The van der Waals surface area contributed by atoms with Gasteiger partial charge >= 0.3 is 0 Å². The van der Waals surface area contributed by atoms with E-state index in [1.54, 1.807) is 0 Å². The van der Waals surface area contributed by atoms with Crippen LogP contribution in [0.25, 0.3) is 0 Å². The highest BCUT2D eigenvalue weighted by atomic mass is 16.7. The fourth-order valence-corrected chi connectivity index (χ4v) is 2.08. The third-order valence-electron chi connectivity index (χ3n) is 2.85. The Morgan fingerprint density at radius 3 is 2.38 bits per heavy atom. The Balaban J connectivity index is 1.69. The lowest BCUT2D eigenvalue weighted by molar-refractivity contribution is -0.192. The first-order valence-corrected chi connectivity index (χ1v) is 5.30. The van der Waals surface area contributed by atoms with Gasteiger partial charge in [-0.1, -0.05) is 0 Å². The normalized spacial score (nSPS) is 36.7. The second-order valence-electron chi connectivity index (χ2n) is 4.11. The fourth-order valence-electron chi connectivity index (χ4n) is 2.08. The summed E-state index contributed by atoms with van der Waals surface area (Å²) in [6, 6.07) is 0. The number of nitrogens with zero attached hydrogens (tertiary/aromatic N) is 1. The molecule has 76 valence electrons. The largest absolute Gasteiger partial charge is 0.353 e. The monoisotopic (exact) mass is 185 g/mol. The minimum Gasteiger partial charge on any atom is -0.353 e. The second kappa shape index (κ2) is 4.40. The fraction of sp³-hybridized carbons (Fsp3) is 1.00. The molecule has 0 spiro atoms. The van der Waals surface area contributed by atoms with Gasteiger partial charge in [-0.15, -0.1) is 0 Å². The zero-order valence-electron chi connectivity index (χ0n) is 8.37. The second-order valence-corrected chi connectivity index (χ2v) is 4.11. The van der Waals surface area contributed by atoms with Crippen LogP contribution in [0.3, 0.4) is 0 Å². The zero-order chi connectivity index (χ0) is 9.10. The molecule has 2 heterocycles. The minimum atomic E-state index is 0.00910. The average molecular weight is 185 g/mol. The van der Waals surface area contributed by atoms with Crippen LogP contribution in [-0.4, -0.2) is 44.0 Å². The molecule has 0 bridgehead atoms. The highest BCUT2D eigenvalue weighted by molar-refractivity contribution is 4.72. The van der Waals surface area contributed by atoms with Gasteiger partial charge in [0.1, 0.15) is 0 Å². The molecule has 0 aromatic carbocycles. The molecule has 2 aliphatic rings. The molecule has 2 aliphatic heterocycles. The summed E-state index contributed by atoms with van der Waals surface area (Å²) >= 11 is 0. The number of ether oxygens (including phenoxy) is 2. The zero-order valence-corrected chi connectivity index (χ0v) is 8.37. The van der Waals surface area contributed by atoms with Gasteiger partial charge in [0.25, 0.3) is 0 Å². The van der Waals surface area contributed by atoms with Crippen LogP contribution in [-0.2, 0) is 9.47 Å². The van der Waals surface area contributed by atoms with Crippen molar-refractivity contribution in [2.24, 2.45) is 5.92 Å². The van der Waals surface area contributed by atoms with E-state index in [9.17, 15) is 0 Å². The van der Waals surface area contributed by atoms with E-state index < -0.39 is 0 Å². The molecule has 0 aromatic heterocycles. The van der Waals surface area contributed by atoms with E-state index in [1.165, 1.54) is 25.9 Å². The molecule has 3 nitrogen and oxygen atoms in total. The van der Waals surface area contributed by atoms with Crippen LogP contribution in [0.1, 0.15) is 19.8 Å². The van der Waals surface area contributed by atoms with Crippen molar-refractivity contribution in [2.75, 3.05) is 32.8 Å². The molecule has 3 heteroatoms. The van der Waals surface area contributed by atoms with Gasteiger partial charge in [0.05, 0.1) is 13.2 Å². The van der Waals surface area contributed by atoms with E-state index >= 15 is 0 Å². The molecule has 0 radical (unpaired) electrons. The van der Waals surface area contributed by atoms with Crippen LogP contribution in [0.4, 0.5) is 0 Å². The summed E-state index contributed by atoms with van der Waals surface area (Å²) in [6.45, 7) is 7.41. The maximum Gasteiger partial charge on any atom is 0.154 e. The van der Waals surface area contributed by atoms with Crippen molar-refractivity contribution < 1.29 is 9.47 Å². The van der Waals surface area contributed by atoms with Crippen molar-refractivity contribution in [2.45, 2.75) is 26.1 Å². The molecular formula is C10H19NO2. The van der Waals surface area contributed by atoms with Crippen molar-refractivity contribution >= 4 is 0 Å². The molecule has 2 saturated heterocycles. The number of hydrogen-bond donors (Lipinski definition) is 0. The molecule has 0 unspecified atom stereocenters. The Hall–Kier alpha value is -0.120. The van der Waals surface area contributed by atoms with E-state index in [2.05, 4.69) is 4.90 Å². The van der Waals surface area contributed by atoms with Crippen LogP contribution in [0.15, 0.2) is 0 Å². The average Bonchev–Trinajstić information content (AvgIpc) is 2.62. The Bertz CT molecular complexity index is 149. The maximum absolute atomic E-state index is 5.45. The summed E-state index contributed by atoms with van der Waals surface area (Å²) in [5.41, 5.74) is 0. The van der Waals surface area contributed by atoms with Gasteiger partial charge in [-0.05, 0) is 32.9 Å². The summed E-state index contributed by atoms with van der Waals surface area (Å²) in [5, 5.41) is 0. The summed E-state index contributed by atoms with van der Waals surface area (Å²) < 4.78 is 10.9. The lowest BCUT2D eigenvalue weighted by atomic mass is 10.1. The topological polar surface area (TPSA) is 21.7 Å². The molecular weight excluding hydrogens is 166 g/mol.